The van der Waals surface area contributed by atoms with Crippen molar-refractivity contribution in [1.82, 2.24) is 9.97 Å². The van der Waals surface area contributed by atoms with Crippen LogP contribution in [-0.2, 0) is 11.2 Å². The molecule has 0 aliphatic rings. The van der Waals surface area contributed by atoms with Crippen LogP contribution in [0.5, 0.6) is 0 Å². The number of aromatic nitrogens is 2. The van der Waals surface area contributed by atoms with Gasteiger partial charge in [-0.1, -0.05) is 6.92 Å². The second-order valence-corrected chi connectivity index (χ2v) is 5.93. The number of nitrogens with one attached hydrogen (secondary N) is 1. The van der Waals surface area contributed by atoms with Crippen molar-refractivity contribution in [2.75, 3.05) is 31.8 Å². The molecule has 2 aromatic rings. The van der Waals surface area contributed by atoms with Crippen LogP contribution in [0, 0.1) is 0 Å². The van der Waals surface area contributed by atoms with Gasteiger partial charge in [0.2, 0.25) is 5.95 Å². The molecule has 0 bridgehead atoms. The van der Waals surface area contributed by atoms with E-state index in [1.54, 1.807) is 30.2 Å². The van der Waals surface area contributed by atoms with E-state index in [0.29, 0.717) is 5.95 Å². The third kappa shape index (κ3) is 2.93. The molecule has 0 aromatic carbocycles. The summed E-state index contributed by atoms with van der Waals surface area (Å²) in [6, 6.07) is 2.20. The summed E-state index contributed by atoms with van der Waals surface area (Å²) in [5, 5.41) is 5.22. The summed E-state index contributed by atoms with van der Waals surface area (Å²) in [4.78, 5) is 11.4. The topological polar surface area (TPSA) is 47.0 Å². The standard InChI is InChI=1S/C12H17N3OS2/c1-4-8-7-9-10(17-6-5-16-3)14-12(13-2)15-11(9)18-8/h7H,4-6H2,1-3H3,(H,13,14,15). The zero-order valence-electron chi connectivity index (χ0n) is 10.8. The van der Waals surface area contributed by atoms with E-state index in [1.165, 1.54) is 4.88 Å². The fourth-order valence-corrected chi connectivity index (χ4v) is 3.50. The van der Waals surface area contributed by atoms with Crippen molar-refractivity contribution < 1.29 is 4.74 Å². The molecule has 0 aliphatic carbocycles. The van der Waals surface area contributed by atoms with Crippen LogP contribution in [-0.4, -0.2) is 36.5 Å². The molecule has 0 aliphatic heterocycles. The number of ether oxygens (including phenoxy) is 1. The molecule has 1 N–H and O–H groups in total. The summed E-state index contributed by atoms with van der Waals surface area (Å²) in [6.45, 7) is 2.89. The number of hydrogen-bond acceptors (Lipinski definition) is 6. The van der Waals surface area contributed by atoms with Crippen LogP contribution in [0.15, 0.2) is 11.1 Å². The quantitative estimate of drug-likeness (QED) is 0.501. The van der Waals surface area contributed by atoms with Crippen LogP contribution in [0.3, 0.4) is 0 Å². The zero-order chi connectivity index (χ0) is 13.0. The SMILES string of the molecule is CCc1cc2c(SCCOC)nc(NC)nc2s1. The van der Waals surface area contributed by atoms with Crippen LogP contribution in [0.1, 0.15) is 11.8 Å². The molecule has 2 aromatic heterocycles. The van der Waals surface area contributed by atoms with Gasteiger partial charge in [0, 0.05) is 30.2 Å². The van der Waals surface area contributed by atoms with E-state index in [9.17, 15) is 0 Å². The largest absolute Gasteiger partial charge is 0.384 e. The smallest absolute Gasteiger partial charge is 0.224 e. The molecule has 0 amide bonds. The number of nitrogens with zero attached hydrogens (tertiary/aromatic N) is 2. The Balaban J connectivity index is 2.37. The van der Waals surface area contributed by atoms with Crippen molar-refractivity contribution in [2.45, 2.75) is 18.4 Å². The Labute approximate surface area is 115 Å². The fourth-order valence-electron chi connectivity index (χ4n) is 1.56. The van der Waals surface area contributed by atoms with E-state index < -0.39 is 0 Å². The van der Waals surface area contributed by atoms with Gasteiger partial charge in [-0.15, -0.1) is 23.1 Å². The average molecular weight is 283 g/mol. The maximum Gasteiger partial charge on any atom is 0.224 e. The Morgan fingerprint density at radius 1 is 1.44 bits per heavy atom. The summed E-state index contributed by atoms with van der Waals surface area (Å²) in [7, 11) is 3.56. The predicted molar refractivity (Wildman–Crippen MR) is 78.9 cm³/mol. The van der Waals surface area contributed by atoms with Gasteiger partial charge in [0.25, 0.3) is 0 Å². The molecule has 0 saturated carbocycles. The predicted octanol–water partition coefficient (Wildman–Crippen LogP) is 3.03. The summed E-state index contributed by atoms with van der Waals surface area (Å²) >= 11 is 3.46. The Kier molecular flexibility index (Phi) is 4.79. The highest BCUT2D eigenvalue weighted by Gasteiger charge is 2.11. The van der Waals surface area contributed by atoms with E-state index in [-0.39, 0.29) is 0 Å². The molecule has 2 heterocycles. The van der Waals surface area contributed by atoms with E-state index in [2.05, 4.69) is 28.3 Å². The van der Waals surface area contributed by atoms with E-state index in [4.69, 9.17) is 4.74 Å². The van der Waals surface area contributed by atoms with Crippen molar-refractivity contribution >= 4 is 39.3 Å². The third-order valence-corrected chi connectivity index (χ3v) is 4.64. The first-order valence-corrected chi connectivity index (χ1v) is 7.68. The Morgan fingerprint density at radius 3 is 2.94 bits per heavy atom. The monoisotopic (exact) mass is 283 g/mol. The number of aryl methyl sites for hydroxylation is 1. The third-order valence-electron chi connectivity index (χ3n) is 2.51. The number of fused-ring (bicyclic) bond motifs is 1. The fraction of sp³-hybridized carbons (Fsp3) is 0.500. The number of rotatable bonds is 6. The lowest BCUT2D eigenvalue weighted by Crippen LogP contribution is -1.98. The number of thiophene rings is 1. The Morgan fingerprint density at radius 2 is 2.28 bits per heavy atom. The molecule has 0 unspecified atom stereocenters. The minimum atomic E-state index is 0.687. The normalized spacial score (nSPS) is 11.1. The van der Waals surface area contributed by atoms with Crippen molar-refractivity contribution in [3.63, 3.8) is 0 Å². The van der Waals surface area contributed by atoms with E-state index in [0.717, 1.165) is 34.0 Å². The van der Waals surface area contributed by atoms with Gasteiger partial charge in [0.15, 0.2) is 0 Å². The molecule has 0 fully saturated rings. The van der Waals surface area contributed by atoms with E-state index in [1.807, 2.05) is 7.05 Å². The van der Waals surface area contributed by atoms with Crippen molar-refractivity contribution in [3.8, 4) is 0 Å². The highest BCUT2D eigenvalue weighted by molar-refractivity contribution is 7.99. The lowest BCUT2D eigenvalue weighted by atomic mass is 10.3. The average Bonchev–Trinajstić information content (AvgIpc) is 2.81. The molecule has 0 saturated heterocycles. The van der Waals surface area contributed by atoms with Gasteiger partial charge in [-0.25, -0.2) is 9.97 Å². The first kappa shape index (κ1) is 13.6. The molecule has 0 spiro atoms. The van der Waals surface area contributed by atoms with Crippen LogP contribution in [0.25, 0.3) is 10.2 Å². The molecule has 18 heavy (non-hydrogen) atoms. The summed E-state index contributed by atoms with van der Waals surface area (Å²) in [5.41, 5.74) is 0. The van der Waals surface area contributed by atoms with Crippen LogP contribution >= 0.6 is 23.1 Å². The first-order valence-electron chi connectivity index (χ1n) is 5.88. The summed E-state index contributed by atoms with van der Waals surface area (Å²) in [5.74, 6) is 1.59. The first-order chi connectivity index (χ1) is 8.78. The molecular weight excluding hydrogens is 266 g/mol. The maximum atomic E-state index is 5.08. The van der Waals surface area contributed by atoms with Gasteiger partial charge in [-0.2, -0.15) is 0 Å². The second kappa shape index (κ2) is 6.36. The van der Waals surface area contributed by atoms with Gasteiger partial charge in [0.1, 0.15) is 9.86 Å². The summed E-state index contributed by atoms with van der Waals surface area (Å²) < 4.78 is 5.08. The highest BCUT2D eigenvalue weighted by atomic mass is 32.2. The summed E-state index contributed by atoms with van der Waals surface area (Å²) in [6.07, 6.45) is 1.04. The lowest BCUT2D eigenvalue weighted by Gasteiger charge is -2.04. The molecule has 6 heteroatoms. The van der Waals surface area contributed by atoms with Gasteiger partial charge in [0.05, 0.1) is 6.61 Å². The van der Waals surface area contributed by atoms with Crippen LogP contribution < -0.4 is 5.32 Å². The number of thioether (sulfide) groups is 1. The van der Waals surface area contributed by atoms with Crippen LogP contribution in [0.2, 0.25) is 0 Å². The van der Waals surface area contributed by atoms with Crippen molar-refractivity contribution in [1.29, 1.82) is 0 Å². The van der Waals surface area contributed by atoms with Crippen molar-refractivity contribution in [3.05, 3.63) is 10.9 Å². The highest BCUT2D eigenvalue weighted by Crippen LogP contribution is 2.32. The molecule has 2 rings (SSSR count). The lowest BCUT2D eigenvalue weighted by molar-refractivity contribution is 0.218. The van der Waals surface area contributed by atoms with Crippen LogP contribution in [0.4, 0.5) is 5.95 Å². The Bertz CT molecular complexity index is 527. The van der Waals surface area contributed by atoms with Gasteiger partial charge in [-0.3, -0.25) is 0 Å². The molecule has 0 radical (unpaired) electrons. The number of methoxy groups -OCH3 is 1. The zero-order valence-corrected chi connectivity index (χ0v) is 12.5. The second-order valence-electron chi connectivity index (χ2n) is 3.73. The minimum absolute atomic E-state index is 0.687. The molecule has 0 atom stereocenters. The minimum Gasteiger partial charge on any atom is -0.384 e. The van der Waals surface area contributed by atoms with Gasteiger partial charge < -0.3 is 10.1 Å². The van der Waals surface area contributed by atoms with E-state index >= 15 is 0 Å². The number of hydrogen-bond donors (Lipinski definition) is 1. The molecular formula is C12H17N3OS2. The molecule has 98 valence electrons. The van der Waals surface area contributed by atoms with Crippen molar-refractivity contribution in [2.24, 2.45) is 0 Å². The Hall–Kier alpha value is -0.850. The van der Waals surface area contributed by atoms with Gasteiger partial charge in [-0.05, 0) is 12.5 Å². The maximum absolute atomic E-state index is 5.08. The molecule has 4 nitrogen and oxygen atoms in total. The van der Waals surface area contributed by atoms with Gasteiger partial charge >= 0.3 is 0 Å². The number of anilines is 1.